The van der Waals surface area contributed by atoms with E-state index in [1.54, 1.807) is 60.7 Å². The minimum Gasteiger partial charge on any atom is -0.494 e. The molecule has 0 unspecified atom stereocenters. The molecule has 3 aromatic carbocycles. The Morgan fingerprint density at radius 2 is 1.88 bits per heavy atom. The fourth-order valence-corrected chi connectivity index (χ4v) is 3.66. The second-order valence-electron chi connectivity index (χ2n) is 6.81. The number of ketones is 1. The van der Waals surface area contributed by atoms with E-state index in [-0.39, 0.29) is 17.3 Å². The third kappa shape index (κ3) is 4.38. The summed E-state index contributed by atoms with van der Waals surface area (Å²) in [4.78, 5) is 25.2. The minimum absolute atomic E-state index is 0.189. The van der Waals surface area contributed by atoms with E-state index in [2.05, 4.69) is 15.9 Å². The van der Waals surface area contributed by atoms with Crippen molar-refractivity contribution >= 4 is 33.8 Å². The lowest BCUT2D eigenvalue weighted by Crippen LogP contribution is -2.10. The number of esters is 1. The predicted octanol–water partition coefficient (Wildman–Crippen LogP) is 5.69. The molecule has 32 heavy (non-hydrogen) atoms. The average Bonchev–Trinajstić information content (AvgIpc) is 3.09. The highest BCUT2D eigenvalue weighted by atomic mass is 79.9. The Kier molecular flexibility index (Phi) is 6.28. The third-order valence-electron chi connectivity index (χ3n) is 4.73. The molecule has 0 N–H and O–H groups in total. The Morgan fingerprint density at radius 1 is 1.06 bits per heavy atom. The van der Waals surface area contributed by atoms with Crippen molar-refractivity contribution < 1.29 is 28.5 Å². The highest BCUT2D eigenvalue weighted by molar-refractivity contribution is 9.10. The number of hydrogen-bond acceptors (Lipinski definition) is 6. The molecule has 3 aromatic rings. The van der Waals surface area contributed by atoms with Gasteiger partial charge in [-0.3, -0.25) is 4.79 Å². The van der Waals surface area contributed by atoms with Gasteiger partial charge < -0.3 is 18.9 Å². The summed E-state index contributed by atoms with van der Waals surface area (Å²) in [6.07, 6.45) is 1.62. The summed E-state index contributed by atoms with van der Waals surface area (Å²) in [6.45, 7) is 2.41. The van der Waals surface area contributed by atoms with Crippen molar-refractivity contribution in [1.82, 2.24) is 0 Å². The fraction of sp³-hybridized carbons (Fsp3) is 0.120. The molecule has 4 rings (SSSR count). The van der Waals surface area contributed by atoms with Gasteiger partial charge in [0.25, 0.3) is 0 Å². The topological polar surface area (TPSA) is 71.1 Å². The average molecular weight is 495 g/mol. The number of carbonyl (C=O) groups excluding carboxylic acids is 2. The Morgan fingerprint density at radius 3 is 2.62 bits per heavy atom. The number of carbonyl (C=O) groups is 2. The molecule has 7 heteroatoms. The van der Waals surface area contributed by atoms with Crippen molar-refractivity contribution in [3.63, 3.8) is 0 Å². The van der Waals surface area contributed by atoms with Crippen molar-refractivity contribution in [3.8, 4) is 23.0 Å². The molecule has 6 nitrogen and oxygen atoms in total. The number of benzene rings is 3. The maximum atomic E-state index is 12.7. The molecule has 0 spiro atoms. The second-order valence-corrected chi connectivity index (χ2v) is 7.66. The predicted molar refractivity (Wildman–Crippen MR) is 123 cm³/mol. The first-order valence-electron chi connectivity index (χ1n) is 9.86. The lowest BCUT2D eigenvalue weighted by atomic mass is 10.1. The van der Waals surface area contributed by atoms with Crippen LogP contribution in [0.1, 0.15) is 33.2 Å². The number of ether oxygens (including phenoxy) is 4. The number of methoxy groups -OCH3 is 1. The molecule has 0 aromatic heterocycles. The number of hydrogen-bond donors (Lipinski definition) is 0. The molecule has 0 saturated heterocycles. The fourth-order valence-electron chi connectivity index (χ4n) is 3.21. The van der Waals surface area contributed by atoms with Gasteiger partial charge in [0, 0.05) is 10.5 Å². The van der Waals surface area contributed by atoms with Crippen molar-refractivity contribution in [2.45, 2.75) is 6.92 Å². The molecule has 1 heterocycles. The molecule has 162 valence electrons. The summed E-state index contributed by atoms with van der Waals surface area (Å²) in [7, 11) is 1.48. The largest absolute Gasteiger partial charge is 0.494 e. The Bertz CT molecular complexity index is 1230. The molecule has 0 bridgehead atoms. The minimum atomic E-state index is -0.517. The van der Waals surface area contributed by atoms with Crippen LogP contribution in [0.4, 0.5) is 0 Å². The molecular formula is C25H19BrO6. The summed E-state index contributed by atoms with van der Waals surface area (Å²) in [5.74, 6) is 1.16. The van der Waals surface area contributed by atoms with Crippen LogP contribution in [0.15, 0.2) is 70.9 Å². The maximum absolute atomic E-state index is 12.7. The van der Waals surface area contributed by atoms with Crippen LogP contribution < -0.4 is 18.9 Å². The normalized spacial score (nSPS) is 13.5. The van der Waals surface area contributed by atoms with Crippen LogP contribution in [0.2, 0.25) is 0 Å². The van der Waals surface area contributed by atoms with Gasteiger partial charge in [0.15, 0.2) is 17.3 Å². The highest BCUT2D eigenvalue weighted by Crippen LogP contribution is 2.36. The lowest BCUT2D eigenvalue weighted by molar-refractivity contribution is 0.0728. The van der Waals surface area contributed by atoms with Crippen LogP contribution in [0.25, 0.3) is 6.08 Å². The zero-order chi connectivity index (χ0) is 22.7. The maximum Gasteiger partial charge on any atom is 0.344 e. The smallest absolute Gasteiger partial charge is 0.344 e. The van der Waals surface area contributed by atoms with E-state index in [4.69, 9.17) is 18.9 Å². The van der Waals surface area contributed by atoms with Crippen LogP contribution in [0.5, 0.6) is 23.0 Å². The lowest BCUT2D eigenvalue weighted by Gasteiger charge is -2.11. The van der Waals surface area contributed by atoms with E-state index in [1.165, 1.54) is 7.11 Å². The second kappa shape index (κ2) is 9.28. The number of allylic oxidation sites excluding steroid dienone is 1. The van der Waals surface area contributed by atoms with Gasteiger partial charge in [-0.15, -0.1) is 0 Å². The zero-order valence-electron chi connectivity index (χ0n) is 17.4. The van der Waals surface area contributed by atoms with Crippen LogP contribution in [-0.4, -0.2) is 25.5 Å². The number of rotatable bonds is 6. The summed E-state index contributed by atoms with van der Waals surface area (Å²) in [6, 6.07) is 17.1. The van der Waals surface area contributed by atoms with Gasteiger partial charge in [0.05, 0.1) is 24.8 Å². The first-order chi connectivity index (χ1) is 15.5. The number of halogens is 1. The quantitative estimate of drug-likeness (QED) is 0.249. The molecule has 0 amide bonds. The van der Waals surface area contributed by atoms with E-state index < -0.39 is 5.97 Å². The standard InChI is InChI=1S/C25H19BrO6/c1-3-30-16-9-10-18-21(14-16)31-23(24(18)27)13-15-8-11-20(22(12-15)29-2)32-25(28)17-6-4-5-7-19(17)26/h4-14H,3H2,1-2H3/b23-13-. The van der Waals surface area contributed by atoms with E-state index in [1.807, 2.05) is 13.0 Å². The first kappa shape index (κ1) is 21.6. The summed E-state index contributed by atoms with van der Waals surface area (Å²) in [5.41, 5.74) is 1.53. The molecule has 0 aliphatic carbocycles. The third-order valence-corrected chi connectivity index (χ3v) is 5.43. The Hall–Kier alpha value is -3.58. The SMILES string of the molecule is CCOc1ccc2c(c1)O/C(=C\c1ccc(OC(=O)c3ccccc3Br)c(OC)c1)C2=O. The van der Waals surface area contributed by atoms with Crippen LogP contribution >= 0.6 is 15.9 Å². The van der Waals surface area contributed by atoms with Gasteiger partial charge in [-0.25, -0.2) is 4.79 Å². The molecule has 0 atom stereocenters. The Balaban J connectivity index is 1.56. The van der Waals surface area contributed by atoms with E-state index in [9.17, 15) is 9.59 Å². The molecule has 0 saturated carbocycles. The first-order valence-corrected chi connectivity index (χ1v) is 10.6. The summed E-state index contributed by atoms with van der Waals surface area (Å²) < 4.78 is 22.7. The van der Waals surface area contributed by atoms with Gasteiger partial charge >= 0.3 is 5.97 Å². The Labute approximate surface area is 193 Å². The van der Waals surface area contributed by atoms with Crippen LogP contribution in [-0.2, 0) is 0 Å². The van der Waals surface area contributed by atoms with Crippen molar-refractivity contribution in [2.24, 2.45) is 0 Å². The summed E-state index contributed by atoms with van der Waals surface area (Å²) in [5, 5.41) is 0. The number of Topliss-reactive ketones (excluding diaryl/α,β-unsaturated/α-hetero) is 1. The number of fused-ring (bicyclic) bond motifs is 1. The van der Waals surface area contributed by atoms with E-state index in [0.717, 1.165) is 0 Å². The van der Waals surface area contributed by atoms with Crippen LogP contribution in [0, 0.1) is 0 Å². The van der Waals surface area contributed by atoms with Gasteiger partial charge in [-0.1, -0.05) is 18.2 Å². The van der Waals surface area contributed by atoms with Gasteiger partial charge in [0.2, 0.25) is 5.78 Å². The highest BCUT2D eigenvalue weighted by Gasteiger charge is 2.28. The van der Waals surface area contributed by atoms with Crippen molar-refractivity contribution in [3.05, 3.63) is 87.6 Å². The van der Waals surface area contributed by atoms with Crippen molar-refractivity contribution in [2.75, 3.05) is 13.7 Å². The van der Waals surface area contributed by atoms with Gasteiger partial charge in [-0.2, -0.15) is 0 Å². The molecule has 0 radical (unpaired) electrons. The monoisotopic (exact) mass is 494 g/mol. The molecule has 1 aliphatic rings. The molecule has 0 fully saturated rings. The molecular weight excluding hydrogens is 476 g/mol. The molecule has 1 aliphatic heterocycles. The van der Waals surface area contributed by atoms with Crippen LogP contribution in [0.3, 0.4) is 0 Å². The zero-order valence-corrected chi connectivity index (χ0v) is 19.0. The van der Waals surface area contributed by atoms with Gasteiger partial charge in [0.1, 0.15) is 11.5 Å². The van der Waals surface area contributed by atoms with Gasteiger partial charge in [-0.05, 0) is 70.9 Å². The van der Waals surface area contributed by atoms with E-state index in [0.29, 0.717) is 45.0 Å². The van der Waals surface area contributed by atoms with Crippen molar-refractivity contribution in [1.29, 1.82) is 0 Å². The summed E-state index contributed by atoms with van der Waals surface area (Å²) >= 11 is 3.34. The van der Waals surface area contributed by atoms with E-state index >= 15 is 0 Å².